The molecule has 0 aromatic heterocycles. The number of carbonyl (C=O) groups excluding carboxylic acids is 2. The summed E-state index contributed by atoms with van der Waals surface area (Å²) in [6, 6.07) is 19.9. The van der Waals surface area contributed by atoms with Gasteiger partial charge in [0, 0.05) is 36.0 Å². The van der Waals surface area contributed by atoms with E-state index in [9.17, 15) is 9.59 Å². The van der Waals surface area contributed by atoms with Crippen molar-refractivity contribution in [3.05, 3.63) is 93.5 Å². The fourth-order valence-electron chi connectivity index (χ4n) is 4.33. The highest BCUT2D eigenvalue weighted by Gasteiger charge is 2.30. The summed E-state index contributed by atoms with van der Waals surface area (Å²) in [6.45, 7) is 7.37. The Balaban J connectivity index is 1.90. The number of rotatable bonds is 14. The first-order valence-corrected chi connectivity index (χ1v) is 14.0. The van der Waals surface area contributed by atoms with Crippen LogP contribution in [0.3, 0.4) is 0 Å². The van der Waals surface area contributed by atoms with Crippen LogP contribution in [0.1, 0.15) is 43.9 Å². The predicted molar refractivity (Wildman–Crippen MR) is 157 cm³/mol. The number of likely N-dealkylation sites (N-methyl/N-ethyl adjacent to an activating group) is 1. The van der Waals surface area contributed by atoms with Crippen LogP contribution in [-0.4, -0.2) is 42.5 Å². The van der Waals surface area contributed by atoms with Gasteiger partial charge in [-0.2, -0.15) is 0 Å². The van der Waals surface area contributed by atoms with Crippen LogP contribution in [0.2, 0.25) is 10.0 Å². The quantitative estimate of drug-likeness (QED) is 0.240. The number of aryl methyl sites for hydroxylation is 1. The van der Waals surface area contributed by atoms with E-state index in [1.54, 1.807) is 23.1 Å². The van der Waals surface area contributed by atoms with E-state index in [1.165, 1.54) is 0 Å². The molecule has 0 fully saturated rings. The van der Waals surface area contributed by atoms with Gasteiger partial charge in [0.25, 0.3) is 0 Å². The maximum absolute atomic E-state index is 13.8. The molecule has 0 heterocycles. The van der Waals surface area contributed by atoms with Crippen molar-refractivity contribution < 1.29 is 19.1 Å². The Labute approximate surface area is 241 Å². The van der Waals surface area contributed by atoms with Gasteiger partial charge in [0.1, 0.15) is 6.04 Å². The molecule has 39 heavy (non-hydrogen) atoms. The maximum atomic E-state index is 13.8. The van der Waals surface area contributed by atoms with Gasteiger partial charge in [0.15, 0.2) is 11.5 Å². The zero-order valence-corrected chi connectivity index (χ0v) is 24.2. The molecule has 3 rings (SSSR count). The number of carbonyl (C=O) groups is 2. The molecule has 1 N–H and O–H groups in total. The van der Waals surface area contributed by atoms with Crippen molar-refractivity contribution in [2.24, 2.45) is 0 Å². The largest absolute Gasteiger partial charge is 0.490 e. The Morgan fingerprint density at radius 3 is 2.26 bits per heavy atom. The Kier molecular flexibility index (Phi) is 12.0. The second-order valence-electron chi connectivity index (χ2n) is 9.00. The molecule has 0 spiro atoms. The molecule has 1 unspecified atom stereocenters. The zero-order valence-electron chi connectivity index (χ0n) is 22.7. The van der Waals surface area contributed by atoms with E-state index < -0.39 is 6.04 Å². The van der Waals surface area contributed by atoms with Crippen LogP contribution in [0.15, 0.2) is 66.7 Å². The molecule has 0 aliphatic heterocycles. The van der Waals surface area contributed by atoms with Gasteiger partial charge in [-0.25, -0.2) is 0 Å². The third kappa shape index (κ3) is 8.91. The van der Waals surface area contributed by atoms with Crippen molar-refractivity contribution in [1.82, 2.24) is 10.2 Å². The monoisotopic (exact) mass is 570 g/mol. The Morgan fingerprint density at radius 1 is 0.872 bits per heavy atom. The molecule has 0 aliphatic rings. The van der Waals surface area contributed by atoms with Crippen molar-refractivity contribution >= 4 is 35.0 Å². The lowest BCUT2D eigenvalue weighted by Crippen LogP contribution is -2.50. The van der Waals surface area contributed by atoms with Crippen molar-refractivity contribution in [2.45, 2.75) is 52.6 Å². The van der Waals surface area contributed by atoms with Crippen LogP contribution in [0.25, 0.3) is 0 Å². The van der Waals surface area contributed by atoms with Crippen LogP contribution in [-0.2, 0) is 29.0 Å². The Morgan fingerprint density at radius 2 is 1.59 bits per heavy atom. The molecule has 0 saturated heterocycles. The number of benzene rings is 3. The molecule has 3 aromatic rings. The van der Waals surface area contributed by atoms with Crippen molar-refractivity contribution in [3.8, 4) is 11.5 Å². The van der Waals surface area contributed by atoms with Gasteiger partial charge in [0.2, 0.25) is 11.8 Å². The summed E-state index contributed by atoms with van der Waals surface area (Å²) in [5.74, 6) is 0.963. The lowest BCUT2D eigenvalue weighted by atomic mass is 10.0. The normalized spacial score (nSPS) is 11.5. The van der Waals surface area contributed by atoms with Gasteiger partial charge in [-0.05, 0) is 68.1 Å². The zero-order chi connectivity index (χ0) is 28.2. The second kappa shape index (κ2) is 15.4. The van der Waals surface area contributed by atoms with E-state index in [0.717, 1.165) is 16.7 Å². The van der Waals surface area contributed by atoms with Crippen LogP contribution in [0.4, 0.5) is 0 Å². The fraction of sp³-hybridized carbons (Fsp3) is 0.355. The van der Waals surface area contributed by atoms with E-state index >= 15 is 0 Å². The number of ether oxygens (including phenoxy) is 2. The molecular formula is C31H36Cl2N2O4. The van der Waals surface area contributed by atoms with E-state index in [1.807, 2.05) is 69.3 Å². The van der Waals surface area contributed by atoms with Gasteiger partial charge in [0.05, 0.1) is 13.2 Å². The molecule has 3 aromatic carbocycles. The maximum Gasteiger partial charge on any atom is 0.243 e. The topological polar surface area (TPSA) is 67.9 Å². The first kappa shape index (κ1) is 30.3. The SMILES string of the molecule is CCNC(=O)C(Cc1ccccc1)N(Cc1ccc(Cl)cc1Cl)C(=O)CCc1ccc(OCC)c(OCC)c1. The highest BCUT2D eigenvalue weighted by Crippen LogP contribution is 2.29. The summed E-state index contributed by atoms with van der Waals surface area (Å²) in [5.41, 5.74) is 2.62. The summed E-state index contributed by atoms with van der Waals surface area (Å²) in [7, 11) is 0. The molecule has 2 amide bonds. The molecule has 8 heteroatoms. The van der Waals surface area contributed by atoms with E-state index in [-0.39, 0.29) is 24.8 Å². The molecule has 0 bridgehead atoms. The first-order valence-electron chi connectivity index (χ1n) is 13.3. The summed E-state index contributed by atoms with van der Waals surface area (Å²) >= 11 is 12.6. The minimum absolute atomic E-state index is 0.153. The van der Waals surface area contributed by atoms with E-state index in [2.05, 4.69) is 5.32 Å². The number of halogens is 2. The molecule has 0 aliphatic carbocycles. The molecule has 6 nitrogen and oxygen atoms in total. The minimum atomic E-state index is -0.717. The summed E-state index contributed by atoms with van der Waals surface area (Å²) in [5, 5.41) is 3.86. The van der Waals surface area contributed by atoms with Crippen LogP contribution in [0, 0.1) is 0 Å². The second-order valence-corrected chi connectivity index (χ2v) is 9.85. The molecule has 1 atom stereocenters. The van der Waals surface area contributed by atoms with Crippen molar-refractivity contribution in [2.75, 3.05) is 19.8 Å². The average Bonchev–Trinajstić information content (AvgIpc) is 2.92. The van der Waals surface area contributed by atoms with Crippen molar-refractivity contribution in [1.29, 1.82) is 0 Å². The standard InChI is InChI=1S/C31H36Cl2N2O4/c1-4-34-31(37)27(18-22-10-8-7-9-11-22)35(21-24-14-15-25(32)20-26(24)33)30(36)17-13-23-12-16-28(38-5-2)29(19-23)39-6-3/h7-12,14-16,19-20,27H,4-6,13,17-18,21H2,1-3H3,(H,34,37). The lowest BCUT2D eigenvalue weighted by Gasteiger charge is -2.32. The van der Waals surface area contributed by atoms with Gasteiger partial charge < -0.3 is 19.7 Å². The number of hydrogen-bond donors (Lipinski definition) is 1. The Hall–Kier alpha value is -3.22. The van der Waals surface area contributed by atoms with Crippen LogP contribution < -0.4 is 14.8 Å². The van der Waals surface area contributed by atoms with E-state index in [0.29, 0.717) is 54.1 Å². The van der Waals surface area contributed by atoms with Crippen LogP contribution in [0.5, 0.6) is 11.5 Å². The molecule has 208 valence electrons. The predicted octanol–water partition coefficient (Wildman–Crippen LogP) is 6.50. The van der Waals surface area contributed by atoms with Crippen molar-refractivity contribution in [3.63, 3.8) is 0 Å². The van der Waals surface area contributed by atoms with E-state index in [4.69, 9.17) is 32.7 Å². The number of amides is 2. The third-order valence-corrected chi connectivity index (χ3v) is 6.80. The summed E-state index contributed by atoms with van der Waals surface area (Å²) < 4.78 is 11.4. The molecule has 0 radical (unpaired) electrons. The first-order chi connectivity index (χ1) is 18.9. The summed E-state index contributed by atoms with van der Waals surface area (Å²) in [6.07, 6.45) is 1.06. The summed E-state index contributed by atoms with van der Waals surface area (Å²) in [4.78, 5) is 28.8. The van der Waals surface area contributed by atoms with Crippen LogP contribution >= 0.6 is 23.2 Å². The highest BCUT2D eigenvalue weighted by atomic mass is 35.5. The average molecular weight is 572 g/mol. The number of nitrogens with zero attached hydrogens (tertiary/aromatic N) is 1. The molecule has 0 saturated carbocycles. The van der Waals surface area contributed by atoms with Gasteiger partial charge in [-0.3, -0.25) is 9.59 Å². The smallest absolute Gasteiger partial charge is 0.243 e. The highest BCUT2D eigenvalue weighted by molar-refractivity contribution is 6.35. The Bertz CT molecular complexity index is 1240. The number of hydrogen-bond acceptors (Lipinski definition) is 4. The fourth-order valence-corrected chi connectivity index (χ4v) is 4.79. The van der Waals surface area contributed by atoms with Gasteiger partial charge in [-0.1, -0.05) is 65.7 Å². The minimum Gasteiger partial charge on any atom is -0.490 e. The third-order valence-electron chi connectivity index (χ3n) is 6.21. The molecular weight excluding hydrogens is 535 g/mol. The lowest BCUT2D eigenvalue weighted by molar-refractivity contribution is -0.141. The number of nitrogens with one attached hydrogen (secondary N) is 1. The van der Waals surface area contributed by atoms with Gasteiger partial charge in [-0.15, -0.1) is 0 Å². The van der Waals surface area contributed by atoms with Gasteiger partial charge >= 0.3 is 0 Å².